The molecule has 2 aromatic rings. The number of aromatic nitrogens is 3. The van der Waals surface area contributed by atoms with Crippen LogP contribution in [0.5, 0.6) is 0 Å². The molecule has 5 heteroatoms. The molecule has 0 atom stereocenters. The van der Waals surface area contributed by atoms with E-state index in [9.17, 15) is 4.39 Å². The first kappa shape index (κ1) is 9.51. The van der Waals surface area contributed by atoms with Crippen LogP contribution < -0.4 is 0 Å². The van der Waals surface area contributed by atoms with Crippen molar-refractivity contribution in [1.29, 1.82) is 0 Å². The van der Waals surface area contributed by atoms with Crippen molar-refractivity contribution in [2.75, 3.05) is 7.05 Å². The number of hydrogen-bond donors (Lipinski definition) is 0. The average molecular weight is 204 g/mol. The normalized spacial score (nSPS) is 11.1. The van der Waals surface area contributed by atoms with Crippen LogP contribution in [0.3, 0.4) is 0 Å². The number of benzene rings is 1. The summed E-state index contributed by atoms with van der Waals surface area (Å²) in [6.07, 6.45) is 4.72. The second kappa shape index (κ2) is 4.00. The van der Waals surface area contributed by atoms with Crippen LogP contribution in [0.4, 0.5) is 4.39 Å². The van der Waals surface area contributed by atoms with Crippen LogP contribution in [-0.2, 0) is 0 Å². The number of aliphatic imine (C=N–C) groups is 1. The van der Waals surface area contributed by atoms with Crippen LogP contribution in [0.2, 0.25) is 0 Å². The first-order valence-electron chi connectivity index (χ1n) is 4.39. The van der Waals surface area contributed by atoms with E-state index in [1.165, 1.54) is 29.3 Å². The molecule has 0 fully saturated rings. The smallest absolute Gasteiger partial charge is 0.125 e. The van der Waals surface area contributed by atoms with Gasteiger partial charge in [0.05, 0.1) is 18.1 Å². The molecule has 0 amide bonds. The van der Waals surface area contributed by atoms with Gasteiger partial charge in [0.25, 0.3) is 0 Å². The van der Waals surface area contributed by atoms with Crippen LogP contribution in [0, 0.1) is 5.82 Å². The minimum Gasteiger partial charge on any atom is -0.296 e. The highest BCUT2D eigenvalue weighted by molar-refractivity contribution is 5.84. The fourth-order valence-corrected chi connectivity index (χ4v) is 1.28. The lowest BCUT2D eigenvalue weighted by Crippen LogP contribution is -2.03. The van der Waals surface area contributed by atoms with Gasteiger partial charge in [-0.05, 0) is 12.1 Å². The van der Waals surface area contributed by atoms with Crippen molar-refractivity contribution in [2.45, 2.75) is 0 Å². The summed E-state index contributed by atoms with van der Waals surface area (Å²) in [6, 6.07) is 4.39. The van der Waals surface area contributed by atoms with Gasteiger partial charge in [-0.3, -0.25) is 4.99 Å². The molecule has 0 aliphatic heterocycles. The van der Waals surface area contributed by atoms with Crippen molar-refractivity contribution >= 4 is 6.21 Å². The molecule has 0 saturated heterocycles. The van der Waals surface area contributed by atoms with E-state index in [-0.39, 0.29) is 5.82 Å². The van der Waals surface area contributed by atoms with Gasteiger partial charge in [0.15, 0.2) is 0 Å². The van der Waals surface area contributed by atoms with Crippen LogP contribution in [0.25, 0.3) is 5.69 Å². The Bertz CT molecular complexity index is 476. The molecular formula is C10H9FN4. The lowest BCUT2D eigenvalue weighted by molar-refractivity contribution is 0.622. The van der Waals surface area contributed by atoms with Gasteiger partial charge in [-0.1, -0.05) is 0 Å². The van der Waals surface area contributed by atoms with Crippen molar-refractivity contribution in [3.8, 4) is 5.69 Å². The molecular weight excluding hydrogens is 195 g/mol. The molecule has 2 rings (SSSR count). The summed E-state index contributed by atoms with van der Waals surface area (Å²) < 4.78 is 13.1. The summed E-state index contributed by atoms with van der Waals surface area (Å²) in [4.78, 5) is 5.25. The zero-order chi connectivity index (χ0) is 10.7. The van der Waals surface area contributed by atoms with Gasteiger partial charge >= 0.3 is 0 Å². The summed E-state index contributed by atoms with van der Waals surface area (Å²) in [6.45, 7) is 0. The molecule has 1 aromatic carbocycles. The van der Waals surface area contributed by atoms with Crippen LogP contribution in [0.1, 0.15) is 5.56 Å². The number of rotatable bonds is 2. The highest BCUT2D eigenvalue weighted by atomic mass is 19.1. The van der Waals surface area contributed by atoms with E-state index in [4.69, 9.17) is 0 Å². The quantitative estimate of drug-likeness (QED) is 0.695. The summed E-state index contributed by atoms with van der Waals surface area (Å²) in [5, 5.41) is 7.90. The maximum atomic E-state index is 13.1. The second-order valence-electron chi connectivity index (χ2n) is 2.91. The van der Waals surface area contributed by atoms with E-state index in [1.807, 2.05) is 0 Å². The summed E-state index contributed by atoms with van der Waals surface area (Å²) in [7, 11) is 1.66. The Hall–Kier alpha value is -2.04. The third-order valence-corrected chi connectivity index (χ3v) is 1.89. The molecule has 0 radical (unpaired) electrons. The van der Waals surface area contributed by atoms with Crippen molar-refractivity contribution in [2.24, 2.45) is 4.99 Å². The minimum absolute atomic E-state index is 0.324. The summed E-state index contributed by atoms with van der Waals surface area (Å²) in [5.74, 6) is -0.324. The van der Waals surface area contributed by atoms with Crippen molar-refractivity contribution in [3.05, 3.63) is 42.0 Å². The van der Waals surface area contributed by atoms with Gasteiger partial charge in [-0.25, -0.2) is 4.39 Å². The van der Waals surface area contributed by atoms with E-state index in [0.29, 0.717) is 5.69 Å². The van der Waals surface area contributed by atoms with Crippen molar-refractivity contribution < 1.29 is 4.39 Å². The topological polar surface area (TPSA) is 43.1 Å². The van der Waals surface area contributed by atoms with Gasteiger partial charge < -0.3 is 0 Å². The number of hydrogen-bond acceptors (Lipinski definition) is 3. The van der Waals surface area contributed by atoms with Gasteiger partial charge in [-0.15, -0.1) is 0 Å². The molecule has 1 aromatic heterocycles. The third kappa shape index (κ3) is 1.90. The van der Waals surface area contributed by atoms with E-state index < -0.39 is 0 Å². The monoisotopic (exact) mass is 204 g/mol. The molecule has 0 N–H and O–H groups in total. The van der Waals surface area contributed by atoms with Gasteiger partial charge in [0.2, 0.25) is 0 Å². The Labute approximate surface area is 86.1 Å². The largest absolute Gasteiger partial charge is 0.296 e. The third-order valence-electron chi connectivity index (χ3n) is 1.89. The molecule has 76 valence electrons. The maximum Gasteiger partial charge on any atom is 0.125 e. The first-order chi connectivity index (χ1) is 7.31. The van der Waals surface area contributed by atoms with E-state index >= 15 is 0 Å². The van der Waals surface area contributed by atoms with E-state index in [0.717, 1.165) is 5.56 Å². The SMILES string of the molecule is CN=Cc1ccc(F)cc1-n1nccn1. The average Bonchev–Trinajstić information content (AvgIpc) is 2.74. The molecule has 0 spiro atoms. The Balaban J connectivity index is 2.57. The van der Waals surface area contributed by atoms with Gasteiger partial charge in [0, 0.05) is 24.9 Å². The van der Waals surface area contributed by atoms with Gasteiger partial charge in [-0.2, -0.15) is 15.0 Å². The second-order valence-corrected chi connectivity index (χ2v) is 2.91. The van der Waals surface area contributed by atoms with Crippen LogP contribution in [0.15, 0.2) is 35.6 Å². The molecule has 4 nitrogen and oxygen atoms in total. The van der Waals surface area contributed by atoms with Crippen molar-refractivity contribution in [1.82, 2.24) is 15.0 Å². The zero-order valence-electron chi connectivity index (χ0n) is 8.13. The van der Waals surface area contributed by atoms with Crippen LogP contribution in [-0.4, -0.2) is 28.3 Å². The molecule has 0 unspecified atom stereocenters. The highest BCUT2D eigenvalue weighted by Crippen LogP contribution is 2.12. The summed E-state index contributed by atoms with van der Waals surface area (Å²) >= 11 is 0. The molecule has 0 aliphatic rings. The Kier molecular flexibility index (Phi) is 2.53. The molecule has 0 saturated carbocycles. The molecule has 1 heterocycles. The Morgan fingerprint density at radius 1 is 1.33 bits per heavy atom. The Morgan fingerprint density at radius 3 is 2.73 bits per heavy atom. The maximum absolute atomic E-state index is 13.1. The first-order valence-corrected chi connectivity index (χ1v) is 4.39. The molecule has 15 heavy (non-hydrogen) atoms. The Morgan fingerprint density at radius 2 is 2.07 bits per heavy atom. The summed E-state index contributed by atoms with van der Waals surface area (Å²) in [5.41, 5.74) is 1.35. The molecule has 0 bridgehead atoms. The fourth-order valence-electron chi connectivity index (χ4n) is 1.28. The number of halogens is 1. The van der Waals surface area contributed by atoms with Gasteiger partial charge in [0.1, 0.15) is 5.82 Å². The van der Waals surface area contributed by atoms with E-state index in [1.54, 1.807) is 19.3 Å². The van der Waals surface area contributed by atoms with Crippen molar-refractivity contribution in [3.63, 3.8) is 0 Å². The predicted octanol–water partition coefficient (Wildman–Crippen LogP) is 1.46. The van der Waals surface area contributed by atoms with Crippen LogP contribution >= 0.6 is 0 Å². The standard InChI is InChI=1S/C10H9FN4/c1-12-7-8-2-3-9(11)6-10(8)15-13-4-5-14-15/h2-7H,1H3. The lowest BCUT2D eigenvalue weighted by Gasteiger charge is -2.03. The van der Waals surface area contributed by atoms with E-state index in [2.05, 4.69) is 15.2 Å². The lowest BCUT2D eigenvalue weighted by atomic mass is 10.2. The predicted molar refractivity (Wildman–Crippen MR) is 54.8 cm³/mol. The fraction of sp³-hybridized carbons (Fsp3) is 0.100. The molecule has 0 aliphatic carbocycles. The minimum atomic E-state index is -0.324. The zero-order valence-corrected chi connectivity index (χ0v) is 8.13. The number of nitrogens with zero attached hydrogens (tertiary/aromatic N) is 4. The highest BCUT2D eigenvalue weighted by Gasteiger charge is 2.05.